The van der Waals surface area contributed by atoms with E-state index in [1.807, 2.05) is 36.4 Å². The molecule has 4 rings (SSSR count). The van der Waals surface area contributed by atoms with Crippen LogP contribution in [-0.2, 0) is 16.1 Å². The van der Waals surface area contributed by atoms with Crippen LogP contribution in [-0.4, -0.2) is 10.5 Å². The molecule has 29 heavy (non-hydrogen) atoms. The van der Waals surface area contributed by atoms with E-state index in [9.17, 15) is 14.0 Å². The third kappa shape index (κ3) is 4.09. The van der Waals surface area contributed by atoms with Gasteiger partial charge in [0.1, 0.15) is 12.4 Å². The third-order valence-electron chi connectivity index (χ3n) is 4.69. The van der Waals surface area contributed by atoms with E-state index in [-0.39, 0.29) is 12.0 Å². The van der Waals surface area contributed by atoms with Crippen molar-refractivity contribution in [3.8, 4) is 0 Å². The van der Waals surface area contributed by atoms with Gasteiger partial charge in [-0.25, -0.2) is 4.39 Å². The number of esters is 1. The first-order valence-corrected chi connectivity index (χ1v) is 9.20. The summed E-state index contributed by atoms with van der Waals surface area (Å²) in [5.74, 6) is -0.886. The van der Waals surface area contributed by atoms with Gasteiger partial charge in [-0.15, -0.1) is 0 Å². The number of ether oxygens (including phenoxy) is 1. The van der Waals surface area contributed by atoms with Crippen molar-refractivity contribution in [1.29, 1.82) is 0 Å². The molecule has 0 spiro atoms. The van der Waals surface area contributed by atoms with Crippen molar-refractivity contribution in [2.24, 2.45) is 0 Å². The zero-order valence-electron chi connectivity index (χ0n) is 15.5. The number of para-hydroxylation sites is 1. The summed E-state index contributed by atoms with van der Waals surface area (Å²) in [5.41, 5.74) is 1.84. The van der Waals surface area contributed by atoms with E-state index >= 15 is 0 Å². The Kier molecular flexibility index (Phi) is 5.20. The third-order valence-corrected chi connectivity index (χ3v) is 4.69. The summed E-state index contributed by atoms with van der Waals surface area (Å²) >= 11 is 0. The summed E-state index contributed by atoms with van der Waals surface area (Å²) in [6.45, 7) is -0.0700. The number of nitrogens with zero attached hydrogens (tertiary/aromatic N) is 1. The minimum Gasteiger partial charge on any atom is -0.451 e. The van der Waals surface area contributed by atoms with E-state index in [2.05, 4.69) is 0 Å². The zero-order valence-corrected chi connectivity index (χ0v) is 15.5. The summed E-state index contributed by atoms with van der Waals surface area (Å²) < 4.78 is 21.2. The number of halogens is 1. The Labute approximate surface area is 166 Å². The lowest BCUT2D eigenvalue weighted by Gasteiger charge is -2.20. The number of benzene rings is 3. The number of hydrogen-bond acceptors (Lipinski definition) is 3. The summed E-state index contributed by atoms with van der Waals surface area (Å²) in [6.07, 6.45) is 0.844. The van der Waals surface area contributed by atoms with Crippen LogP contribution in [0.1, 0.15) is 17.2 Å². The first-order valence-electron chi connectivity index (χ1n) is 9.20. The molecule has 0 saturated carbocycles. The predicted molar refractivity (Wildman–Crippen MR) is 109 cm³/mol. The van der Waals surface area contributed by atoms with Gasteiger partial charge in [-0.3, -0.25) is 9.59 Å². The summed E-state index contributed by atoms with van der Waals surface area (Å²) in [4.78, 5) is 24.8. The fourth-order valence-electron chi connectivity index (χ4n) is 3.33. The zero-order chi connectivity index (χ0) is 20.2. The van der Waals surface area contributed by atoms with Crippen LogP contribution in [0, 0.1) is 5.82 Å². The molecule has 1 unspecified atom stereocenters. The molecular formula is C24H18FNO3. The topological polar surface area (TPSA) is 48.3 Å². The number of rotatable bonds is 5. The van der Waals surface area contributed by atoms with Crippen LogP contribution in [0.15, 0.2) is 95.9 Å². The highest BCUT2D eigenvalue weighted by molar-refractivity contribution is 5.80. The lowest BCUT2D eigenvalue weighted by Crippen LogP contribution is -2.19. The maximum Gasteiger partial charge on any atom is 0.326 e. The van der Waals surface area contributed by atoms with Crippen LogP contribution in [0.4, 0.5) is 4.39 Å². The van der Waals surface area contributed by atoms with Crippen molar-refractivity contribution in [2.75, 3.05) is 0 Å². The average molecular weight is 387 g/mol. The van der Waals surface area contributed by atoms with Crippen LogP contribution in [0.3, 0.4) is 0 Å². The SMILES string of the molecule is O=C(Cn1ccc(=O)c2ccccc21)OC(c1ccccc1)c1cccc(F)c1. The molecule has 0 amide bonds. The smallest absolute Gasteiger partial charge is 0.326 e. The monoisotopic (exact) mass is 387 g/mol. The van der Waals surface area contributed by atoms with E-state index < -0.39 is 17.9 Å². The number of carbonyl (C=O) groups is 1. The molecule has 1 heterocycles. The second kappa shape index (κ2) is 8.10. The van der Waals surface area contributed by atoms with Crippen LogP contribution < -0.4 is 5.43 Å². The van der Waals surface area contributed by atoms with Crippen LogP contribution >= 0.6 is 0 Å². The lowest BCUT2D eigenvalue weighted by atomic mass is 10.0. The molecule has 0 radical (unpaired) electrons. The number of carbonyl (C=O) groups excluding carboxylic acids is 1. The van der Waals surface area contributed by atoms with Gasteiger partial charge < -0.3 is 9.30 Å². The number of aromatic nitrogens is 1. The highest BCUT2D eigenvalue weighted by atomic mass is 19.1. The Bertz CT molecular complexity index is 1220. The molecular weight excluding hydrogens is 369 g/mol. The molecule has 0 aliphatic rings. The summed E-state index contributed by atoms with van der Waals surface area (Å²) in [7, 11) is 0. The van der Waals surface area contributed by atoms with Crippen molar-refractivity contribution >= 4 is 16.9 Å². The second-order valence-electron chi connectivity index (χ2n) is 6.66. The van der Waals surface area contributed by atoms with Crippen LogP contribution in [0.2, 0.25) is 0 Å². The largest absolute Gasteiger partial charge is 0.451 e. The minimum atomic E-state index is -0.731. The quantitative estimate of drug-likeness (QED) is 0.475. The van der Waals surface area contributed by atoms with Gasteiger partial charge in [-0.2, -0.15) is 0 Å². The molecule has 0 bridgehead atoms. The fourth-order valence-corrected chi connectivity index (χ4v) is 3.33. The van der Waals surface area contributed by atoms with Gasteiger partial charge >= 0.3 is 5.97 Å². The molecule has 5 heteroatoms. The second-order valence-corrected chi connectivity index (χ2v) is 6.66. The molecule has 144 valence electrons. The fraction of sp³-hybridized carbons (Fsp3) is 0.0833. The first kappa shape index (κ1) is 18.6. The summed E-state index contributed by atoms with van der Waals surface area (Å²) in [6, 6.07) is 23.7. The van der Waals surface area contributed by atoms with E-state index in [0.29, 0.717) is 16.5 Å². The van der Waals surface area contributed by atoms with Gasteiger partial charge in [0.2, 0.25) is 0 Å². The predicted octanol–water partition coefficient (Wildman–Crippen LogP) is 4.47. The van der Waals surface area contributed by atoms with Gasteiger partial charge in [0.25, 0.3) is 0 Å². The lowest BCUT2D eigenvalue weighted by molar-refractivity contribution is -0.148. The maximum atomic E-state index is 13.8. The molecule has 0 fully saturated rings. The Morgan fingerprint density at radius 1 is 0.897 bits per heavy atom. The van der Waals surface area contributed by atoms with Crippen molar-refractivity contribution in [1.82, 2.24) is 4.57 Å². The number of hydrogen-bond donors (Lipinski definition) is 0. The first-order chi connectivity index (χ1) is 14.1. The van der Waals surface area contributed by atoms with E-state index in [0.717, 1.165) is 5.56 Å². The van der Waals surface area contributed by atoms with Crippen LogP contribution in [0.25, 0.3) is 10.9 Å². The van der Waals surface area contributed by atoms with Crippen LogP contribution in [0.5, 0.6) is 0 Å². The van der Waals surface area contributed by atoms with Gasteiger partial charge in [0.05, 0.1) is 5.52 Å². The Morgan fingerprint density at radius 2 is 1.62 bits per heavy atom. The molecule has 0 N–H and O–H groups in total. The van der Waals surface area contributed by atoms with Crippen molar-refractivity contribution in [2.45, 2.75) is 12.6 Å². The Hall–Kier alpha value is -3.73. The van der Waals surface area contributed by atoms with E-state index in [1.165, 1.54) is 18.2 Å². The average Bonchev–Trinajstić information content (AvgIpc) is 2.75. The minimum absolute atomic E-state index is 0.0700. The van der Waals surface area contributed by atoms with Gasteiger partial charge in [-0.1, -0.05) is 54.6 Å². The normalized spacial score (nSPS) is 11.9. The van der Waals surface area contributed by atoms with E-state index in [4.69, 9.17) is 4.74 Å². The van der Waals surface area contributed by atoms with Crippen molar-refractivity contribution in [3.05, 3.63) is 118 Å². The summed E-state index contributed by atoms with van der Waals surface area (Å²) in [5, 5.41) is 0.535. The molecule has 1 atom stereocenters. The van der Waals surface area contributed by atoms with E-state index in [1.54, 1.807) is 41.1 Å². The highest BCUT2D eigenvalue weighted by Gasteiger charge is 2.20. The highest BCUT2D eigenvalue weighted by Crippen LogP contribution is 2.27. The Morgan fingerprint density at radius 3 is 2.41 bits per heavy atom. The molecule has 4 aromatic rings. The van der Waals surface area contributed by atoms with Gasteiger partial charge in [-0.05, 0) is 35.4 Å². The molecule has 4 nitrogen and oxygen atoms in total. The Balaban J connectivity index is 1.64. The molecule has 3 aromatic carbocycles. The van der Waals surface area contributed by atoms with Crippen molar-refractivity contribution < 1.29 is 13.9 Å². The van der Waals surface area contributed by atoms with Gasteiger partial charge in [0.15, 0.2) is 11.5 Å². The number of fused-ring (bicyclic) bond motifs is 1. The molecule has 0 aliphatic carbocycles. The molecule has 0 aliphatic heterocycles. The molecule has 1 aromatic heterocycles. The maximum absolute atomic E-state index is 13.8. The number of pyridine rings is 1. The van der Waals surface area contributed by atoms with Gasteiger partial charge in [0, 0.05) is 17.6 Å². The standard InChI is InChI=1S/C24H18FNO3/c25-19-10-6-9-18(15-19)24(17-7-2-1-3-8-17)29-23(28)16-26-14-13-22(27)20-11-4-5-12-21(20)26/h1-15,24H,16H2. The molecule has 0 saturated heterocycles. The van der Waals surface area contributed by atoms with Crippen molar-refractivity contribution in [3.63, 3.8) is 0 Å².